The van der Waals surface area contributed by atoms with Gasteiger partial charge < -0.3 is 28.1 Å². The van der Waals surface area contributed by atoms with Crippen molar-refractivity contribution in [3.8, 4) is 5.75 Å². The van der Waals surface area contributed by atoms with E-state index in [-0.39, 0.29) is 5.75 Å². The molecule has 7 nitrogen and oxygen atoms in total. The number of urea groups is 1. The summed E-state index contributed by atoms with van der Waals surface area (Å²) < 4.78 is 39.0. The summed E-state index contributed by atoms with van der Waals surface area (Å²) in [5.74, 6) is 0.159. The molecule has 2 aromatic rings. The Hall–Kier alpha value is -2.37. The molecule has 0 aliphatic rings. The number of hydrogen-bond donors (Lipinski definition) is 4. The Balaban J connectivity index is 0.000000307. The molecule has 1 aromatic carbocycles. The average Bonchev–Trinajstić information content (AvgIpc) is 2.63. The molecule has 0 saturated carbocycles. The molecule has 106 valence electrons. The molecule has 2 rings (SSSR count). The summed E-state index contributed by atoms with van der Waals surface area (Å²) in [5.41, 5.74) is 8.34. The van der Waals surface area contributed by atoms with Gasteiger partial charge in [0.05, 0.1) is 0 Å². The van der Waals surface area contributed by atoms with E-state index < -0.39 is 13.3 Å². The lowest BCUT2D eigenvalue weighted by atomic mass is 10.3. The Morgan fingerprint density at radius 2 is 1.79 bits per heavy atom. The second kappa shape index (κ2) is 7.15. The van der Waals surface area contributed by atoms with Crippen LogP contribution in [0.2, 0.25) is 0 Å². The predicted octanol–water partition coefficient (Wildman–Crippen LogP) is 0.270. The van der Waals surface area contributed by atoms with Gasteiger partial charge in [0, 0.05) is 0 Å². The minimum atomic E-state index is -6.00. The Morgan fingerprint density at radius 3 is 2.21 bits per heavy atom. The minimum absolute atomic E-state index is 0.159. The summed E-state index contributed by atoms with van der Waals surface area (Å²) in [6.45, 7) is 0. The molecule has 0 spiro atoms. The maximum Gasteiger partial charge on any atom is 0.673 e. The van der Waals surface area contributed by atoms with Gasteiger partial charge in [0.2, 0.25) is 0 Å². The number of rotatable bonds is 0. The minimum Gasteiger partial charge on any atom is -0.506 e. The molecule has 0 unspecified atom stereocenters. The Morgan fingerprint density at radius 1 is 1.32 bits per heavy atom. The number of carbonyl (C=O) groups excluding carboxylic acids is 1. The summed E-state index contributed by atoms with van der Waals surface area (Å²) in [7, 11) is -6.00. The highest BCUT2D eigenvalue weighted by Gasteiger charge is 2.20. The number of aromatic nitrogens is 3. The van der Waals surface area contributed by atoms with E-state index in [0.29, 0.717) is 11.0 Å². The lowest BCUT2D eigenvalue weighted by molar-refractivity contribution is -0.245. The molecule has 0 radical (unpaired) electrons. The van der Waals surface area contributed by atoms with Gasteiger partial charge in [0.1, 0.15) is 11.3 Å². The third-order valence-electron chi connectivity index (χ3n) is 1.33. The molecule has 19 heavy (non-hydrogen) atoms. The number of nitrogens with zero attached hydrogens (tertiary/aromatic N) is 2. The summed E-state index contributed by atoms with van der Waals surface area (Å²) in [6, 6.07) is 4.49. The SMILES string of the molecule is F[B-](F)(F)F.NC([NH3+])=O.Oc1cccc2n[nH]nc12. The number of aromatic amines is 1. The van der Waals surface area contributed by atoms with Gasteiger partial charge in [-0.25, -0.2) is 4.79 Å². The first-order valence-electron chi connectivity index (χ1n) is 4.58. The second-order valence-corrected chi connectivity index (χ2v) is 2.93. The molecule has 0 aliphatic carbocycles. The lowest BCUT2D eigenvalue weighted by Gasteiger charge is -1.94. The van der Waals surface area contributed by atoms with Crippen LogP contribution in [0.25, 0.3) is 11.0 Å². The summed E-state index contributed by atoms with van der Waals surface area (Å²) in [6.07, 6.45) is 0. The molecule has 1 aromatic heterocycles. The molecule has 12 heteroatoms. The highest BCUT2D eigenvalue weighted by Crippen LogP contribution is 2.18. The number of nitrogens with two attached hydrogens (primary N) is 1. The van der Waals surface area contributed by atoms with Gasteiger partial charge in [-0.3, -0.25) is 5.73 Å². The number of benzene rings is 1. The maximum absolute atomic E-state index is 9.75. The Kier molecular flexibility index (Phi) is 6.26. The van der Waals surface area contributed by atoms with Crippen molar-refractivity contribution < 1.29 is 32.9 Å². The van der Waals surface area contributed by atoms with Crippen LogP contribution in [0, 0.1) is 0 Å². The summed E-state index contributed by atoms with van der Waals surface area (Å²) in [5, 5.41) is 19.1. The largest absolute Gasteiger partial charge is 0.673 e. The zero-order valence-corrected chi connectivity index (χ0v) is 9.36. The van der Waals surface area contributed by atoms with Crippen LogP contribution in [0.4, 0.5) is 22.1 Å². The van der Waals surface area contributed by atoms with Crippen LogP contribution in [0.5, 0.6) is 5.75 Å². The molecule has 7 N–H and O–H groups in total. The highest BCUT2D eigenvalue weighted by atomic mass is 19.5. The second-order valence-electron chi connectivity index (χ2n) is 2.93. The zero-order valence-electron chi connectivity index (χ0n) is 9.36. The fourth-order valence-electron chi connectivity index (χ4n) is 0.853. The standard InChI is InChI=1S/C6H5N3O.CH4N2O.BF4/c10-5-3-1-2-4-6(5)8-9-7-4;2-1(3)4;2-1(3,4)5/h1-3,10H,(H,7,8,9);(H4,2,3,4);/q;;-1/p+1. The van der Waals surface area contributed by atoms with Crippen LogP contribution < -0.4 is 11.5 Å². The average molecular weight is 283 g/mol. The van der Waals surface area contributed by atoms with Gasteiger partial charge in [-0.05, 0) is 12.1 Å². The first-order chi connectivity index (χ1) is 8.61. The van der Waals surface area contributed by atoms with Crippen LogP contribution >= 0.6 is 0 Å². The predicted molar refractivity (Wildman–Crippen MR) is 58.2 cm³/mol. The van der Waals surface area contributed by atoms with Crippen molar-refractivity contribution in [1.29, 1.82) is 0 Å². The number of para-hydroxylation sites is 1. The highest BCUT2D eigenvalue weighted by molar-refractivity contribution is 6.50. The molecular formula is C7H10BF4N5O2. The van der Waals surface area contributed by atoms with Crippen molar-refractivity contribution in [2.24, 2.45) is 5.73 Å². The zero-order chi connectivity index (χ0) is 15.1. The first kappa shape index (κ1) is 16.6. The number of amides is 2. The number of phenols is 1. The fourth-order valence-corrected chi connectivity index (χ4v) is 0.853. The van der Waals surface area contributed by atoms with Crippen molar-refractivity contribution in [3.05, 3.63) is 18.2 Å². The number of halogens is 4. The van der Waals surface area contributed by atoms with Gasteiger partial charge in [0.15, 0.2) is 5.52 Å². The quantitative estimate of drug-likeness (QED) is 0.408. The number of quaternary nitrogens is 1. The molecule has 0 fully saturated rings. The number of hydrogen-bond acceptors (Lipinski definition) is 4. The topological polar surface area (TPSA) is 133 Å². The van der Waals surface area contributed by atoms with Crippen molar-refractivity contribution in [1.82, 2.24) is 15.4 Å². The number of phenolic OH excluding ortho intramolecular Hbond substituents is 1. The summed E-state index contributed by atoms with van der Waals surface area (Å²) in [4.78, 5) is 9.11. The lowest BCUT2D eigenvalue weighted by Crippen LogP contribution is -2.60. The van der Waals surface area contributed by atoms with Crippen LogP contribution in [0.3, 0.4) is 0 Å². The summed E-state index contributed by atoms with van der Waals surface area (Å²) >= 11 is 0. The van der Waals surface area contributed by atoms with E-state index in [1.54, 1.807) is 18.2 Å². The van der Waals surface area contributed by atoms with Crippen LogP contribution in [-0.2, 0) is 0 Å². The van der Waals surface area contributed by atoms with E-state index in [0.717, 1.165) is 0 Å². The molecule has 1 heterocycles. The van der Waals surface area contributed by atoms with E-state index in [1.807, 2.05) is 0 Å². The van der Waals surface area contributed by atoms with Gasteiger partial charge in [-0.15, -0.1) is 0 Å². The van der Waals surface area contributed by atoms with Crippen molar-refractivity contribution in [3.63, 3.8) is 0 Å². The van der Waals surface area contributed by atoms with Gasteiger partial charge in [-0.2, -0.15) is 15.4 Å². The maximum atomic E-state index is 9.75. The van der Waals surface area contributed by atoms with E-state index >= 15 is 0 Å². The molecular weight excluding hydrogens is 273 g/mol. The number of primary amides is 1. The van der Waals surface area contributed by atoms with Gasteiger partial charge in [0.25, 0.3) is 0 Å². The molecule has 2 amide bonds. The monoisotopic (exact) mass is 283 g/mol. The fraction of sp³-hybridized carbons (Fsp3) is 0. The van der Waals surface area contributed by atoms with Crippen molar-refractivity contribution >= 4 is 24.3 Å². The number of aromatic hydroxyl groups is 1. The normalized spacial score (nSPS) is 9.95. The van der Waals surface area contributed by atoms with E-state index in [1.165, 1.54) is 0 Å². The number of fused-ring (bicyclic) bond motifs is 1. The van der Waals surface area contributed by atoms with Crippen molar-refractivity contribution in [2.75, 3.05) is 0 Å². The van der Waals surface area contributed by atoms with Crippen LogP contribution in [0.1, 0.15) is 0 Å². The number of nitrogens with one attached hydrogen (secondary N) is 1. The number of H-pyrrole nitrogens is 1. The third-order valence-corrected chi connectivity index (χ3v) is 1.33. The van der Waals surface area contributed by atoms with Gasteiger partial charge >= 0.3 is 13.3 Å². The third kappa shape index (κ3) is 9.35. The molecule has 0 aliphatic heterocycles. The Bertz CT molecular complexity index is 521. The molecule has 0 saturated heterocycles. The number of carbonyl (C=O) groups is 1. The van der Waals surface area contributed by atoms with E-state index in [2.05, 4.69) is 26.9 Å². The van der Waals surface area contributed by atoms with Gasteiger partial charge in [-0.1, -0.05) is 6.07 Å². The van der Waals surface area contributed by atoms with Crippen LogP contribution in [-0.4, -0.2) is 33.8 Å². The smallest absolute Gasteiger partial charge is 0.506 e. The Labute approximate surface area is 103 Å². The van der Waals surface area contributed by atoms with E-state index in [4.69, 9.17) is 9.90 Å². The first-order valence-corrected chi connectivity index (χ1v) is 4.58. The van der Waals surface area contributed by atoms with Crippen LogP contribution in [0.15, 0.2) is 18.2 Å². The molecule has 0 bridgehead atoms. The van der Waals surface area contributed by atoms with Crippen molar-refractivity contribution in [2.45, 2.75) is 0 Å². The van der Waals surface area contributed by atoms with E-state index in [9.17, 15) is 17.3 Å². The molecule has 0 atom stereocenters.